The van der Waals surface area contributed by atoms with E-state index in [4.69, 9.17) is 5.11 Å². The number of nitrogens with one attached hydrogen (secondary N) is 1. The van der Waals surface area contributed by atoms with E-state index in [1.807, 2.05) is 18.4 Å². The fraction of sp³-hybridized carbons (Fsp3) is 0.222. The van der Waals surface area contributed by atoms with Gasteiger partial charge in [0, 0.05) is 4.90 Å². The van der Waals surface area contributed by atoms with Crippen LogP contribution in [0, 0.1) is 0 Å². The Bertz CT molecular complexity index is 424. The van der Waals surface area contributed by atoms with E-state index in [1.54, 1.807) is 18.1 Å². The van der Waals surface area contributed by atoms with Crippen molar-refractivity contribution in [3.8, 4) is 0 Å². The van der Waals surface area contributed by atoms with E-state index in [0.717, 1.165) is 21.5 Å². The minimum Gasteiger partial charge on any atom is -0.392 e. The van der Waals surface area contributed by atoms with Gasteiger partial charge in [-0.3, -0.25) is 0 Å². The van der Waals surface area contributed by atoms with Gasteiger partial charge in [0.15, 0.2) is 0 Å². The molecule has 0 saturated carbocycles. The first-order valence-electron chi connectivity index (χ1n) is 3.96. The van der Waals surface area contributed by atoms with Crippen LogP contribution in [0.4, 0.5) is 0 Å². The number of nitrogens with zero attached hydrogens (tertiary/aromatic N) is 1. The third kappa shape index (κ3) is 1.43. The maximum Gasteiger partial charge on any atom is 0.102 e. The van der Waals surface area contributed by atoms with E-state index in [0.29, 0.717) is 0 Å². The number of aliphatic hydroxyl groups is 1. The Kier molecular flexibility index (Phi) is 2.24. The number of benzene rings is 1. The van der Waals surface area contributed by atoms with Crippen molar-refractivity contribution in [2.75, 3.05) is 6.26 Å². The number of imidazole rings is 1. The summed E-state index contributed by atoms with van der Waals surface area (Å²) in [7, 11) is 0. The first kappa shape index (κ1) is 8.59. The van der Waals surface area contributed by atoms with Crippen molar-refractivity contribution in [2.24, 2.45) is 0 Å². The Morgan fingerprint density at radius 1 is 1.54 bits per heavy atom. The second kappa shape index (κ2) is 3.40. The minimum atomic E-state index is 0.0719. The first-order chi connectivity index (χ1) is 6.35. The summed E-state index contributed by atoms with van der Waals surface area (Å²) >= 11 is 1.64. The molecule has 1 heterocycles. The molecule has 1 aromatic carbocycles. The summed E-state index contributed by atoms with van der Waals surface area (Å²) in [5.41, 5.74) is 2.88. The van der Waals surface area contributed by atoms with E-state index < -0.39 is 0 Å². The maximum absolute atomic E-state index is 9.01. The molecule has 1 aromatic heterocycles. The summed E-state index contributed by atoms with van der Waals surface area (Å²) in [5.74, 6) is 0. The van der Waals surface area contributed by atoms with Crippen molar-refractivity contribution >= 4 is 22.8 Å². The molecule has 0 bridgehead atoms. The molecule has 2 aromatic rings. The van der Waals surface area contributed by atoms with Crippen LogP contribution < -0.4 is 0 Å². The molecule has 0 aliphatic rings. The lowest BCUT2D eigenvalue weighted by atomic mass is 10.2. The second-order valence-electron chi connectivity index (χ2n) is 2.75. The lowest BCUT2D eigenvalue weighted by molar-refractivity contribution is 0.282. The van der Waals surface area contributed by atoms with E-state index in [2.05, 4.69) is 9.97 Å². The van der Waals surface area contributed by atoms with E-state index in [9.17, 15) is 0 Å². The van der Waals surface area contributed by atoms with Gasteiger partial charge < -0.3 is 10.1 Å². The molecular formula is C9H10N2OS. The van der Waals surface area contributed by atoms with Gasteiger partial charge in [0.05, 0.1) is 18.5 Å². The molecule has 2 rings (SSSR count). The standard InChI is InChI=1S/C9H10N2OS/c1-13-8-3-6(4-12)2-7-9(8)11-5-10-7/h2-3,5,12H,4H2,1H3,(H,10,11). The third-order valence-electron chi connectivity index (χ3n) is 1.95. The van der Waals surface area contributed by atoms with Crippen LogP contribution in [0.1, 0.15) is 5.56 Å². The van der Waals surface area contributed by atoms with Crippen LogP contribution in [-0.4, -0.2) is 21.3 Å². The van der Waals surface area contributed by atoms with Crippen LogP contribution in [0.3, 0.4) is 0 Å². The highest BCUT2D eigenvalue weighted by molar-refractivity contribution is 7.98. The minimum absolute atomic E-state index is 0.0719. The highest BCUT2D eigenvalue weighted by Gasteiger charge is 2.04. The number of aliphatic hydroxyl groups excluding tert-OH is 1. The van der Waals surface area contributed by atoms with E-state index in [1.165, 1.54) is 0 Å². The molecule has 2 N–H and O–H groups in total. The van der Waals surface area contributed by atoms with Gasteiger partial charge >= 0.3 is 0 Å². The van der Waals surface area contributed by atoms with Crippen molar-refractivity contribution in [1.29, 1.82) is 0 Å². The zero-order chi connectivity index (χ0) is 9.26. The number of aromatic amines is 1. The number of hydrogen-bond acceptors (Lipinski definition) is 3. The molecule has 0 aliphatic carbocycles. The number of hydrogen-bond donors (Lipinski definition) is 2. The van der Waals surface area contributed by atoms with Gasteiger partial charge in [-0.25, -0.2) is 4.98 Å². The predicted octanol–water partition coefficient (Wildman–Crippen LogP) is 1.78. The Morgan fingerprint density at radius 2 is 2.38 bits per heavy atom. The molecule has 68 valence electrons. The molecule has 13 heavy (non-hydrogen) atoms. The number of aromatic nitrogens is 2. The highest BCUT2D eigenvalue weighted by Crippen LogP contribution is 2.25. The Labute approximate surface area is 80.2 Å². The highest BCUT2D eigenvalue weighted by atomic mass is 32.2. The van der Waals surface area contributed by atoms with Crippen molar-refractivity contribution in [3.05, 3.63) is 24.0 Å². The SMILES string of the molecule is CSc1cc(CO)cc2[nH]cnc12. The molecule has 0 fully saturated rings. The topological polar surface area (TPSA) is 48.9 Å². The normalized spacial score (nSPS) is 10.9. The monoisotopic (exact) mass is 194 g/mol. The van der Waals surface area contributed by atoms with Gasteiger partial charge in [-0.2, -0.15) is 0 Å². The molecule has 3 nitrogen and oxygen atoms in total. The first-order valence-corrected chi connectivity index (χ1v) is 5.18. The summed E-state index contributed by atoms with van der Waals surface area (Å²) in [6.07, 6.45) is 3.68. The van der Waals surface area contributed by atoms with Crippen LogP contribution in [0.5, 0.6) is 0 Å². The Balaban J connectivity index is 2.70. The van der Waals surface area contributed by atoms with Crippen LogP contribution in [0.15, 0.2) is 23.4 Å². The molecule has 0 spiro atoms. The molecular weight excluding hydrogens is 184 g/mol. The van der Waals surface area contributed by atoms with Gasteiger partial charge in [-0.1, -0.05) is 0 Å². The average molecular weight is 194 g/mol. The molecule has 0 amide bonds. The second-order valence-corrected chi connectivity index (χ2v) is 3.60. The van der Waals surface area contributed by atoms with Crippen molar-refractivity contribution in [2.45, 2.75) is 11.5 Å². The molecule has 0 aliphatic heterocycles. The number of thioether (sulfide) groups is 1. The summed E-state index contributed by atoms with van der Waals surface area (Å²) in [4.78, 5) is 8.34. The fourth-order valence-corrected chi connectivity index (χ4v) is 1.95. The third-order valence-corrected chi connectivity index (χ3v) is 2.70. The lowest BCUT2D eigenvalue weighted by Gasteiger charge is -2.01. The van der Waals surface area contributed by atoms with Crippen molar-refractivity contribution in [3.63, 3.8) is 0 Å². The van der Waals surface area contributed by atoms with Crippen LogP contribution in [0.2, 0.25) is 0 Å². The number of H-pyrrole nitrogens is 1. The average Bonchev–Trinajstić information content (AvgIpc) is 2.63. The number of fused-ring (bicyclic) bond motifs is 1. The van der Waals surface area contributed by atoms with Crippen LogP contribution in [0.25, 0.3) is 11.0 Å². The van der Waals surface area contributed by atoms with Gasteiger partial charge in [0.2, 0.25) is 0 Å². The van der Waals surface area contributed by atoms with E-state index >= 15 is 0 Å². The predicted molar refractivity (Wildman–Crippen MR) is 53.8 cm³/mol. The van der Waals surface area contributed by atoms with Gasteiger partial charge in [0.1, 0.15) is 5.52 Å². The zero-order valence-electron chi connectivity index (χ0n) is 7.24. The number of rotatable bonds is 2. The summed E-state index contributed by atoms with van der Waals surface area (Å²) in [6.45, 7) is 0.0719. The summed E-state index contributed by atoms with van der Waals surface area (Å²) < 4.78 is 0. The molecule has 0 unspecified atom stereocenters. The van der Waals surface area contributed by atoms with Gasteiger partial charge in [-0.15, -0.1) is 11.8 Å². The summed E-state index contributed by atoms with van der Waals surface area (Å²) in [6, 6.07) is 3.88. The van der Waals surface area contributed by atoms with Crippen LogP contribution in [-0.2, 0) is 6.61 Å². The largest absolute Gasteiger partial charge is 0.392 e. The van der Waals surface area contributed by atoms with Gasteiger partial charge in [0.25, 0.3) is 0 Å². The molecule has 0 atom stereocenters. The van der Waals surface area contributed by atoms with Crippen molar-refractivity contribution < 1.29 is 5.11 Å². The quantitative estimate of drug-likeness (QED) is 0.716. The molecule has 4 heteroatoms. The molecule has 0 radical (unpaired) electrons. The fourth-order valence-electron chi connectivity index (χ4n) is 1.32. The Morgan fingerprint density at radius 3 is 3.08 bits per heavy atom. The maximum atomic E-state index is 9.01. The molecule has 0 saturated heterocycles. The van der Waals surface area contributed by atoms with Gasteiger partial charge in [-0.05, 0) is 24.0 Å². The lowest BCUT2D eigenvalue weighted by Crippen LogP contribution is -1.85. The van der Waals surface area contributed by atoms with E-state index in [-0.39, 0.29) is 6.61 Å². The van der Waals surface area contributed by atoms with Crippen molar-refractivity contribution in [1.82, 2.24) is 9.97 Å². The smallest absolute Gasteiger partial charge is 0.102 e. The Hall–Kier alpha value is -1.00. The summed E-state index contributed by atoms with van der Waals surface area (Å²) in [5, 5.41) is 9.01. The zero-order valence-corrected chi connectivity index (χ0v) is 8.06. The van der Waals surface area contributed by atoms with Crippen LogP contribution >= 0.6 is 11.8 Å².